The van der Waals surface area contributed by atoms with Gasteiger partial charge in [-0.15, -0.1) is 0 Å². The smallest absolute Gasteiger partial charge is 0.301 e. The van der Waals surface area contributed by atoms with E-state index >= 15 is 0 Å². The molecule has 4 rings (SSSR count). The molecule has 0 aliphatic carbocycles. The Bertz CT molecular complexity index is 1030. The lowest BCUT2D eigenvalue weighted by molar-refractivity contribution is -0.382. The van der Waals surface area contributed by atoms with Gasteiger partial charge in [-0.2, -0.15) is 0 Å². The van der Waals surface area contributed by atoms with Gasteiger partial charge in [-0.05, 0) is 41.8 Å². The van der Waals surface area contributed by atoms with Gasteiger partial charge in [0.1, 0.15) is 5.69 Å². The summed E-state index contributed by atoms with van der Waals surface area (Å²) in [4.78, 5) is 29.0. The lowest BCUT2D eigenvalue weighted by atomic mass is 10.1. The summed E-state index contributed by atoms with van der Waals surface area (Å²) in [5, 5.41) is 15.3. The first-order valence-corrected chi connectivity index (χ1v) is 9.23. The molecule has 7 heteroatoms. The highest BCUT2D eigenvalue weighted by atomic mass is 16.6. The van der Waals surface area contributed by atoms with Gasteiger partial charge in [-0.3, -0.25) is 19.9 Å². The largest absolute Gasteiger partial charge is 0.375 e. The Morgan fingerprint density at radius 2 is 1.89 bits per heavy atom. The van der Waals surface area contributed by atoms with Crippen LogP contribution in [0.25, 0.3) is 10.9 Å². The molecule has 1 N–H and O–H groups in total. The fraction of sp³-hybridized carbons (Fsp3) is 0.238. The van der Waals surface area contributed by atoms with E-state index < -0.39 is 0 Å². The van der Waals surface area contributed by atoms with Crippen LogP contribution in [0.3, 0.4) is 0 Å². The third-order valence-electron chi connectivity index (χ3n) is 4.99. The van der Waals surface area contributed by atoms with Crippen molar-refractivity contribution in [3.63, 3.8) is 0 Å². The molecule has 28 heavy (non-hydrogen) atoms. The van der Waals surface area contributed by atoms with Crippen molar-refractivity contribution >= 4 is 28.2 Å². The molecule has 2 aromatic carbocycles. The zero-order valence-corrected chi connectivity index (χ0v) is 15.3. The highest BCUT2D eigenvalue weighted by Gasteiger charge is 2.20. The summed E-state index contributed by atoms with van der Waals surface area (Å²) in [6.45, 7) is 1.92. The maximum absolute atomic E-state index is 11.7. The minimum Gasteiger partial charge on any atom is -0.375 e. The minimum atomic E-state index is -0.373. The van der Waals surface area contributed by atoms with Crippen molar-refractivity contribution in [2.75, 3.05) is 11.9 Å². The number of carbonyl (C=O) groups excluding carboxylic acids is 1. The molecular formula is C21H20N4O3. The average molecular weight is 376 g/mol. The quantitative estimate of drug-likeness (QED) is 0.521. The molecule has 0 saturated carbocycles. The van der Waals surface area contributed by atoms with Gasteiger partial charge in [0, 0.05) is 32.3 Å². The van der Waals surface area contributed by atoms with Gasteiger partial charge >= 0.3 is 5.69 Å². The predicted molar refractivity (Wildman–Crippen MR) is 107 cm³/mol. The van der Waals surface area contributed by atoms with Gasteiger partial charge in [0.15, 0.2) is 0 Å². The number of fused-ring (bicyclic) bond motifs is 1. The number of pyridine rings is 1. The van der Waals surface area contributed by atoms with Crippen LogP contribution in [-0.2, 0) is 17.9 Å². The van der Waals surface area contributed by atoms with Crippen LogP contribution in [0.4, 0.5) is 11.4 Å². The molecule has 3 aromatic rings. The van der Waals surface area contributed by atoms with Crippen molar-refractivity contribution in [3.05, 3.63) is 76.0 Å². The first-order chi connectivity index (χ1) is 13.6. The first kappa shape index (κ1) is 17.9. The van der Waals surface area contributed by atoms with Gasteiger partial charge < -0.3 is 10.2 Å². The van der Waals surface area contributed by atoms with Crippen molar-refractivity contribution in [1.82, 2.24) is 9.88 Å². The minimum absolute atomic E-state index is 0.0368. The van der Waals surface area contributed by atoms with Gasteiger partial charge in [0.05, 0.1) is 15.8 Å². The molecule has 1 aliphatic heterocycles. The number of nitrogens with zero attached hydrogens (tertiary/aromatic N) is 3. The highest BCUT2D eigenvalue weighted by molar-refractivity contribution is 5.94. The second kappa shape index (κ2) is 7.64. The Kier molecular flexibility index (Phi) is 4.89. The monoisotopic (exact) mass is 376 g/mol. The maximum Gasteiger partial charge on any atom is 0.301 e. The molecule has 0 unspecified atom stereocenters. The van der Waals surface area contributed by atoms with Crippen molar-refractivity contribution in [2.45, 2.75) is 25.9 Å². The highest BCUT2D eigenvalue weighted by Crippen LogP contribution is 2.32. The summed E-state index contributed by atoms with van der Waals surface area (Å²) in [6.07, 6.45) is 3.19. The van der Waals surface area contributed by atoms with Crippen LogP contribution in [-0.4, -0.2) is 27.3 Å². The number of carbonyl (C=O) groups is 1. The number of aromatic nitrogens is 1. The van der Waals surface area contributed by atoms with E-state index in [9.17, 15) is 14.9 Å². The SMILES string of the molecule is O=C1CCCN1Cc1ccc(CNc2ccc3ncccc3c2[N+](=O)[O-])cc1. The van der Waals surface area contributed by atoms with Crippen LogP contribution in [0.15, 0.2) is 54.7 Å². The van der Waals surface area contributed by atoms with Gasteiger partial charge in [0.25, 0.3) is 0 Å². The Morgan fingerprint density at radius 1 is 1.11 bits per heavy atom. The van der Waals surface area contributed by atoms with Crippen LogP contribution >= 0.6 is 0 Å². The van der Waals surface area contributed by atoms with Gasteiger partial charge in [-0.1, -0.05) is 24.3 Å². The molecule has 1 saturated heterocycles. The molecule has 0 atom stereocenters. The number of nitrogens with one attached hydrogen (secondary N) is 1. The zero-order valence-electron chi connectivity index (χ0n) is 15.3. The number of likely N-dealkylation sites (tertiary alicyclic amines) is 1. The van der Waals surface area contributed by atoms with E-state index in [0.717, 1.165) is 24.1 Å². The van der Waals surface area contributed by atoms with Crippen LogP contribution in [0, 0.1) is 10.1 Å². The van der Waals surface area contributed by atoms with Crippen LogP contribution in [0.5, 0.6) is 0 Å². The van der Waals surface area contributed by atoms with E-state index in [1.54, 1.807) is 30.5 Å². The number of nitro benzene ring substituents is 1. The molecule has 1 amide bonds. The number of anilines is 1. The fourth-order valence-electron chi connectivity index (χ4n) is 3.53. The zero-order chi connectivity index (χ0) is 19.5. The molecule has 1 aliphatic rings. The van der Waals surface area contributed by atoms with E-state index in [2.05, 4.69) is 10.3 Å². The number of hydrogen-bond acceptors (Lipinski definition) is 5. The van der Waals surface area contributed by atoms with E-state index in [1.165, 1.54) is 0 Å². The van der Waals surface area contributed by atoms with Crippen molar-refractivity contribution in [2.24, 2.45) is 0 Å². The molecule has 2 heterocycles. The molecule has 0 radical (unpaired) electrons. The Balaban J connectivity index is 1.48. The number of nitro groups is 1. The molecular weight excluding hydrogens is 356 g/mol. The molecule has 0 bridgehead atoms. The van der Waals surface area contributed by atoms with E-state index in [4.69, 9.17) is 0 Å². The first-order valence-electron chi connectivity index (χ1n) is 9.23. The molecule has 0 spiro atoms. The van der Waals surface area contributed by atoms with E-state index in [0.29, 0.717) is 36.1 Å². The topological polar surface area (TPSA) is 88.4 Å². The van der Waals surface area contributed by atoms with Gasteiger partial charge in [0.2, 0.25) is 5.91 Å². The lowest BCUT2D eigenvalue weighted by Gasteiger charge is -2.15. The molecule has 142 valence electrons. The number of benzene rings is 2. The summed E-state index contributed by atoms with van der Waals surface area (Å²) in [7, 11) is 0. The van der Waals surface area contributed by atoms with E-state index in [1.807, 2.05) is 29.2 Å². The number of hydrogen-bond donors (Lipinski definition) is 1. The summed E-state index contributed by atoms with van der Waals surface area (Å²) in [6, 6.07) is 14.8. The maximum atomic E-state index is 11.7. The van der Waals surface area contributed by atoms with Crippen molar-refractivity contribution in [1.29, 1.82) is 0 Å². The molecule has 1 fully saturated rings. The second-order valence-corrected chi connectivity index (χ2v) is 6.88. The van der Waals surface area contributed by atoms with Crippen LogP contribution in [0.1, 0.15) is 24.0 Å². The summed E-state index contributed by atoms with van der Waals surface area (Å²) >= 11 is 0. The van der Waals surface area contributed by atoms with Crippen LogP contribution < -0.4 is 5.32 Å². The fourth-order valence-corrected chi connectivity index (χ4v) is 3.53. The summed E-state index contributed by atoms with van der Waals surface area (Å²) < 4.78 is 0. The Hall–Kier alpha value is -3.48. The van der Waals surface area contributed by atoms with Crippen molar-refractivity contribution < 1.29 is 9.72 Å². The summed E-state index contributed by atoms with van der Waals surface area (Å²) in [5.41, 5.74) is 3.20. The number of amides is 1. The lowest BCUT2D eigenvalue weighted by Crippen LogP contribution is -2.23. The molecule has 1 aromatic heterocycles. The average Bonchev–Trinajstić information content (AvgIpc) is 3.11. The Morgan fingerprint density at radius 3 is 2.61 bits per heavy atom. The van der Waals surface area contributed by atoms with Crippen molar-refractivity contribution in [3.8, 4) is 0 Å². The van der Waals surface area contributed by atoms with Crippen LogP contribution in [0.2, 0.25) is 0 Å². The molecule has 7 nitrogen and oxygen atoms in total. The third-order valence-corrected chi connectivity index (χ3v) is 4.99. The standard InChI is InChI=1S/C21H20N4O3/c26-20-4-2-12-24(20)14-16-7-5-15(6-8-16)13-23-19-10-9-18-17(3-1-11-22-18)21(19)25(27)28/h1,3,5-11,23H,2,4,12-14H2. The summed E-state index contributed by atoms with van der Waals surface area (Å²) in [5.74, 6) is 0.212. The third kappa shape index (κ3) is 3.64. The van der Waals surface area contributed by atoms with E-state index in [-0.39, 0.29) is 16.5 Å². The Labute approximate surface area is 162 Å². The van der Waals surface area contributed by atoms with Gasteiger partial charge in [-0.25, -0.2) is 0 Å². The normalized spacial score (nSPS) is 13.9. The predicted octanol–water partition coefficient (Wildman–Crippen LogP) is 3.88. The second-order valence-electron chi connectivity index (χ2n) is 6.88. The number of rotatable bonds is 6.